The number of carboxylic acid groups (broad SMARTS) is 1. The lowest BCUT2D eigenvalue weighted by Gasteiger charge is -2.11. The Morgan fingerprint density at radius 1 is 1.79 bits per heavy atom. The summed E-state index contributed by atoms with van der Waals surface area (Å²) >= 11 is 0. The van der Waals surface area contributed by atoms with Crippen LogP contribution in [0.15, 0.2) is 12.4 Å². The maximum atomic E-state index is 10.4. The molecule has 0 bridgehead atoms. The maximum Gasteiger partial charge on any atom is 0.306 e. The van der Waals surface area contributed by atoms with Crippen LogP contribution in [0.4, 0.5) is 5.69 Å². The molecule has 1 heterocycles. The minimum absolute atomic E-state index is 0.0656. The molecule has 1 atom stereocenters. The van der Waals surface area contributed by atoms with Gasteiger partial charge in [-0.3, -0.25) is 14.8 Å². The fraction of sp³-hybridized carbons (Fsp3) is 0.429. The van der Waals surface area contributed by atoms with Crippen molar-refractivity contribution in [2.45, 2.75) is 13.5 Å². The second kappa shape index (κ2) is 3.86. The van der Waals surface area contributed by atoms with Gasteiger partial charge in [-0.25, -0.2) is 0 Å². The standard InChI is InChI=1S/C7H9N3O4/c1-5(7(11)12)3-9-4-6(2-8-9)10(13)14/h2,4-5H,3H2,1H3,(H,11,12)/p-1/t5-/m0/s1. The molecule has 0 amide bonds. The molecule has 0 saturated carbocycles. The number of hydrogen-bond acceptors (Lipinski definition) is 5. The molecule has 0 aliphatic heterocycles. The van der Waals surface area contributed by atoms with Crippen molar-refractivity contribution >= 4 is 11.7 Å². The van der Waals surface area contributed by atoms with Crippen molar-refractivity contribution in [3.63, 3.8) is 0 Å². The topological polar surface area (TPSA) is 101 Å². The van der Waals surface area contributed by atoms with Gasteiger partial charge in [-0.2, -0.15) is 5.10 Å². The summed E-state index contributed by atoms with van der Waals surface area (Å²) in [7, 11) is 0. The summed E-state index contributed by atoms with van der Waals surface area (Å²) in [5.74, 6) is -1.93. The molecule has 0 aliphatic carbocycles. The van der Waals surface area contributed by atoms with Crippen molar-refractivity contribution < 1.29 is 14.8 Å². The Labute approximate surface area is 79.1 Å². The van der Waals surface area contributed by atoms with Gasteiger partial charge in [-0.05, 0) is 0 Å². The van der Waals surface area contributed by atoms with E-state index in [2.05, 4.69) is 5.10 Å². The highest BCUT2D eigenvalue weighted by atomic mass is 16.6. The van der Waals surface area contributed by atoms with Crippen LogP contribution in [0.3, 0.4) is 0 Å². The van der Waals surface area contributed by atoms with Gasteiger partial charge in [0, 0.05) is 18.4 Å². The first kappa shape index (κ1) is 10.2. The minimum Gasteiger partial charge on any atom is -0.550 e. The first-order chi connectivity index (χ1) is 6.50. The highest BCUT2D eigenvalue weighted by Gasteiger charge is 2.10. The smallest absolute Gasteiger partial charge is 0.306 e. The van der Waals surface area contributed by atoms with E-state index < -0.39 is 16.8 Å². The van der Waals surface area contributed by atoms with Crippen LogP contribution < -0.4 is 5.11 Å². The van der Waals surface area contributed by atoms with Crippen LogP contribution in [-0.4, -0.2) is 20.7 Å². The fourth-order valence-corrected chi connectivity index (χ4v) is 0.902. The monoisotopic (exact) mass is 198 g/mol. The second-order valence-corrected chi connectivity index (χ2v) is 2.90. The summed E-state index contributed by atoms with van der Waals surface area (Å²) in [4.78, 5) is 20.0. The van der Waals surface area contributed by atoms with Crippen molar-refractivity contribution in [3.05, 3.63) is 22.5 Å². The van der Waals surface area contributed by atoms with E-state index in [1.165, 1.54) is 17.8 Å². The summed E-state index contributed by atoms with van der Waals surface area (Å²) < 4.78 is 1.21. The number of carbonyl (C=O) groups excluding carboxylic acids is 1. The zero-order chi connectivity index (χ0) is 10.7. The number of carboxylic acids is 1. The second-order valence-electron chi connectivity index (χ2n) is 2.90. The Bertz CT molecular complexity index is 360. The summed E-state index contributed by atoms with van der Waals surface area (Å²) in [6, 6.07) is 0. The van der Waals surface area contributed by atoms with Gasteiger partial charge >= 0.3 is 5.69 Å². The number of aromatic nitrogens is 2. The van der Waals surface area contributed by atoms with Crippen molar-refractivity contribution in [1.29, 1.82) is 0 Å². The highest BCUT2D eigenvalue weighted by Crippen LogP contribution is 2.09. The molecule has 0 saturated heterocycles. The summed E-state index contributed by atoms with van der Waals surface area (Å²) in [5, 5.41) is 24.3. The molecule has 14 heavy (non-hydrogen) atoms. The predicted octanol–water partition coefficient (Wildman–Crippen LogP) is -0.823. The Balaban J connectivity index is 2.69. The molecule has 1 aromatic rings. The zero-order valence-corrected chi connectivity index (χ0v) is 7.41. The van der Waals surface area contributed by atoms with E-state index in [1.54, 1.807) is 0 Å². The van der Waals surface area contributed by atoms with Crippen LogP contribution >= 0.6 is 0 Å². The van der Waals surface area contributed by atoms with Gasteiger partial charge in [0.2, 0.25) is 0 Å². The quantitative estimate of drug-likeness (QED) is 0.464. The molecule has 0 N–H and O–H groups in total. The van der Waals surface area contributed by atoms with Crippen molar-refractivity contribution in [2.75, 3.05) is 0 Å². The Kier molecular flexibility index (Phi) is 2.80. The van der Waals surface area contributed by atoms with E-state index >= 15 is 0 Å². The van der Waals surface area contributed by atoms with E-state index in [4.69, 9.17) is 0 Å². The summed E-state index contributed by atoms with van der Waals surface area (Å²) in [6.45, 7) is 1.51. The normalized spacial score (nSPS) is 12.4. The van der Waals surface area contributed by atoms with Crippen molar-refractivity contribution in [3.8, 4) is 0 Å². The third-order valence-corrected chi connectivity index (χ3v) is 1.69. The number of carbonyl (C=O) groups is 1. The molecule has 0 fully saturated rings. The molecule has 7 heteroatoms. The lowest BCUT2D eigenvalue weighted by atomic mass is 10.2. The number of aliphatic carboxylic acids is 1. The predicted molar refractivity (Wildman–Crippen MR) is 43.1 cm³/mol. The van der Waals surface area contributed by atoms with E-state index in [0.717, 1.165) is 6.20 Å². The molecule has 0 spiro atoms. The Morgan fingerprint density at radius 2 is 2.43 bits per heavy atom. The highest BCUT2D eigenvalue weighted by molar-refractivity contribution is 5.66. The van der Waals surface area contributed by atoms with E-state index in [9.17, 15) is 20.0 Å². The van der Waals surface area contributed by atoms with Gasteiger partial charge < -0.3 is 9.90 Å². The third kappa shape index (κ3) is 2.28. The first-order valence-corrected chi connectivity index (χ1v) is 3.88. The first-order valence-electron chi connectivity index (χ1n) is 3.88. The van der Waals surface area contributed by atoms with E-state index in [-0.39, 0.29) is 12.2 Å². The van der Waals surface area contributed by atoms with Crippen molar-refractivity contribution in [1.82, 2.24) is 9.78 Å². The van der Waals surface area contributed by atoms with E-state index in [1.807, 2.05) is 0 Å². The van der Waals surface area contributed by atoms with Gasteiger partial charge in [0.25, 0.3) is 0 Å². The summed E-state index contributed by atoms with van der Waals surface area (Å²) in [5.41, 5.74) is -0.157. The van der Waals surface area contributed by atoms with Crippen LogP contribution in [-0.2, 0) is 11.3 Å². The zero-order valence-electron chi connectivity index (χ0n) is 7.41. The van der Waals surface area contributed by atoms with E-state index in [0.29, 0.717) is 0 Å². The fourth-order valence-electron chi connectivity index (χ4n) is 0.902. The molecule has 76 valence electrons. The van der Waals surface area contributed by atoms with Gasteiger partial charge in [-0.15, -0.1) is 0 Å². The van der Waals surface area contributed by atoms with Crippen molar-refractivity contribution in [2.24, 2.45) is 5.92 Å². The number of hydrogen-bond donors (Lipinski definition) is 0. The van der Waals surface area contributed by atoms with Crippen LogP contribution in [0.1, 0.15) is 6.92 Å². The largest absolute Gasteiger partial charge is 0.550 e. The lowest BCUT2D eigenvalue weighted by Crippen LogP contribution is -2.32. The maximum absolute atomic E-state index is 10.4. The lowest BCUT2D eigenvalue weighted by molar-refractivity contribution is -0.385. The van der Waals surface area contributed by atoms with Gasteiger partial charge in [-0.1, -0.05) is 6.92 Å². The number of nitrogens with zero attached hydrogens (tertiary/aromatic N) is 3. The molecule has 1 rings (SSSR count). The average Bonchev–Trinajstić information content (AvgIpc) is 2.52. The Morgan fingerprint density at radius 3 is 2.86 bits per heavy atom. The van der Waals surface area contributed by atoms with Gasteiger partial charge in [0.15, 0.2) is 0 Å². The molecule has 0 radical (unpaired) electrons. The molecule has 0 aromatic carbocycles. The molecular weight excluding hydrogens is 190 g/mol. The van der Waals surface area contributed by atoms with Gasteiger partial charge in [0.1, 0.15) is 12.4 Å². The molecule has 1 aromatic heterocycles. The molecule has 0 aliphatic rings. The van der Waals surface area contributed by atoms with Crippen LogP contribution in [0.5, 0.6) is 0 Å². The summed E-state index contributed by atoms with van der Waals surface area (Å²) in [6.07, 6.45) is 2.25. The van der Waals surface area contributed by atoms with Crippen LogP contribution in [0.2, 0.25) is 0 Å². The molecule has 0 unspecified atom stereocenters. The minimum atomic E-state index is -1.21. The van der Waals surface area contributed by atoms with Crippen LogP contribution in [0, 0.1) is 16.0 Å². The van der Waals surface area contributed by atoms with Gasteiger partial charge in [0.05, 0.1) is 4.92 Å². The Hall–Kier alpha value is -1.92. The number of nitro groups is 1. The molecule has 7 nitrogen and oxygen atoms in total. The average molecular weight is 198 g/mol. The number of rotatable bonds is 4. The SMILES string of the molecule is C[C@@H](Cn1cc([N+](=O)[O-])cn1)C(=O)[O-]. The third-order valence-electron chi connectivity index (χ3n) is 1.69. The molecular formula is C7H8N3O4-. The van der Waals surface area contributed by atoms with Crippen LogP contribution in [0.25, 0.3) is 0 Å².